The highest BCUT2D eigenvalue weighted by atomic mass is 15.0. The molecule has 0 atom stereocenters. The normalized spacial score (nSPS) is 18.5. The number of hydrogen-bond acceptors (Lipinski definition) is 1. The number of aryl methyl sites for hydroxylation is 1. The molecular formula is C14H21N. The zero-order valence-electron chi connectivity index (χ0n) is 10.2. The topological polar surface area (TPSA) is 12.0 Å². The minimum Gasteiger partial charge on any atom is -0.380 e. The Morgan fingerprint density at radius 1 is 1.27 bits per heavy atom. The molecule has 0 fully saturated rings. The lowest BCUT2D eigenvalue weighted by Gasteiger charge is -2.34. The summed E-state index contributed by atoms with van der Waals surface area (Å²) in [7, 11) is 0. The third-order valence-corrected chi connectivity index (χ3v) is 3.29. The average Bonchev–Trinajstić information content (AvgIpc) is 2.15. The van der Waals surface area contributed by atoms with Crippen molar-refractivity contribution in [1.82, 2.24) is 0 Å². The minimum atomic E-state index is 0.253. The van der Waals surface area contributed by atoms with Crippen molar-refractivity contribution in [3.63, 3.8) is 0 Å². The smallest absolute Gasteiger partial charge is 0.0379 e. The van der Waals surface area contributed by atoms with Gasteiger partial charge in [-0.25, -0.2) is 0 Å². The van der Waals surface area contributed by atoms with E-state index in [0.717, 1.165) is 0 Å². The average molecular weight is 203 g/mol. The standard InChI is InChI=1S/C14H21N/c1-10(2)12-6-5-11-7-8-14(3,4)15-13(11)9-12/h5-6,9-10,15H,7-8H2,1-4H3. The van der Waals surface area contributed by atoms with Gasteiger partial charge in [0.25, 0.3) is 0 Å². The van der Waals surface area contributed by atoms with E-state index < -0.39 is 0 Å². The van der Waals surface area contributed by atoms with E-state index >= 15 is 0 Å². The van der Waals surface area contributed by atoms with Crippen molar-refractivity contribution in [3.05, 3.63) is 29.3 Å². The van der Waals surface area contributed by atoms with E-state index in [4.69, 9.17) is 0 Å². The molecule has 1 aromatic carbocycles. The molecule has 0 radical (unpaired) electrons. The molecule has 1 heteroatoms. The molecule has 2 rings (SSSR count). The van der Waals surface area contributed by atoms with Crippen LogP contribution in [0.5, 0.6) is 0 Å². The van der Waals surface area contributed by atoms with Gasteiger partial charge in [-0.3, -0.25) is 0 Å². The van der Waals surface area contributed by atoms with Gasteiger partial charge < -0.3 is 5.32 Å². The van der Waals surface area contributed by atoms with Crippen molar-refractivity contribution in [2.45, 2.75) is 52.0 Å². The predicted molar refractivity (Wildman–Crippen MR) is 66.6 cm³/mol. The highest BCUT2D eigenvalue weighted by Crippen LogP contribution is 2.32. The molecule has 1 aliphatic rings. The second-order valence-electron chi connectivity index (χ2n) is 5.58. The summed E-state index contributed by atoms with van der Waals surface area (Å²) >= 11 is 0. The summed E-state index contributed by atoms with van der Waals surface area (Å²) < 4.78 is 0. The van der Waals surface area contributed by atoms with Crippen LogP contribution in [0.4, 0.5) is 5.69 Å². The van der Waals surface area contributed by atoms with Crippen LogP contribution in [-0.4, -0.2) is 5.54 Å². The predicted octanol–water partition coefficient (Wildman–Crippen LogP) is 3.95. The Bertz CT molecular complexity index is 364. The maximum atomic E-state index is 3.63. The molecule has 1 aliphatic heterocycles. The van der Waals surface area contributed by atoms with Crippen LogP contribution in [0.3, 0.4) is 0 Å². The summed E-state index contributed by atoms with van der Waals surface area (Å²) in [6.07, 6.45) is 2.43. The first-order valence-corrected chi connectivity index (χ1v) is 5.89. The van der Waals surface area contributed by atoms with E-state index in [1.165, 1.54) is 29.7 Å². The molecular weight excluding hydrogens is 182 g/mol. The van der Waals surface area contributed by atoms with Gasteiger partial charge in [0.1, 0.15) is 0 Å². The molecule has 0 bridgehead atoms. The summed E-state index contributed by atoms with van der Waals surface area (Å²) in [6.45, 7) is 9.04. The van der Waals surface area contributed by atoms with Crippen LogP contribution in [0.25, 0.3) is 0 Å². The van der Waals surface area contributed by atoms with Crippen molar-refractivity contribution in [2.75, 3.05) is 5.32 Å². The van der Waals surface area contributed by atoms with E-state index in [0.29, 0.717) is 5.92 Å². The molecule has 0 saturated carbocycles. The SMILES string of the molecule is CC(C)c1ccc2c(c1)NC(C)(C)CC2. The van der Waals surface area contributed by atoms with Crippen LogP contribution in [0.1, 0.15) is 51.2 Å². The van der Waals surface area contributed by atoms with Crippen LogP contribution in [-0.2, 0) is 6.42 Å². The first-order chi connectivity index (χ1) is 6.98. The first-order valence-electron chi connectivity index (χ1n) is 5.89. The molecule has 1 heterocycles. The molecule has 0 aromatic heterocycles. The van der Waals surface area contributed by atoms with E-state index in [9.17, 15) is 0 Å². The molecule has 0 spiro atoms. The van der Waals surface area contributed by atoms with E-state index in [-0.39, 0.29) is 5.54 Å². The van der Waals surface area contributed by atoms with Crippen molar-refractivity contribution in [2.24, 2.45) is 0 Å². The summed E-state index contributed by atoms with van der Waals surface area (Å²) in [6, 6.07) is 6.87. The minimum absolute atomic E-state index is 0.253. The lowest BCUT2D eigenvalue weighted by Crippen LogP contribution is -2.35. The monoisotopic (exact) mass is 203 g/mol. The summed E-state index contributed by atoms with van der Waals surface area (Å²) in [5.41, 5.74) is 4.50. The zero-order valence-corrected chi connectivity index (χ0v) is 10.2. The second-order valence-corrected chi connectivity index (χ2v) is 5.58. The maximum Gasteiger partial charge on any atom is 0.0379 e. The maximum absolute atomic E-state index is 3.63. The number of benzene rings is 1. The molecule has 82 valence electrons. The van der Waals surface area contributed by atoms with Gasteiger partial charge in [0.15, 0.2) is 0 Å². The van der Waals surface area contributed by atoms with E-state index in [1.54, 1.807) is 0 Å². The third kappa shape index (κ3) is 2.17. The van der Waals surface area contributed by atoms with Crippen molar-refractivity contribution >= 4 is 5.69 Å². The van der Waals surface area contributed by atoms with Crippen LogP contribution in [0, 0.1) is 0 Å². The quantitative estimate of drug-likeness (QED) is 0.728. The Balaban J connectivity index is 2.35. The Morgan fingerprint density at radius 2 is 2.00 bits per heavy atom. The number of anilines is 1. The number of nitrogens with one attached hydrogen (secondary N) is 1. The van der Waals surface area contributed by atoms with Crippen molar-refractivity contribution in [1.29, 1.82) is 0 Å². The summed E-state index contributed by atoms with van der Waals surface area (Å²) in [5.74, 6) is 0.613. The Morgan fingerprint density at radius 3 is 2.67 bits per heavy atom. The fourth-order valence-electron chi connectivity index (χ4n) is 2.16. The molecule has 1 N–H and O–H groups in total. The molecule has 0 aliphatic carbocycles. The molecule has 0 amide bonds. The lowest BCUT2D eigenvalue weighted by atomic mass is 9.88. The lowest BCUT2D eigenvalue weighted by molar-refractivity contribution is 0.502. The van der Waals surface area contributed by atoms with Crippen LogP contribution in [0.15, 0.2) is 18.2 Å². The molecule has 15 heavy (non-hydrogen) atoms. The third-order valence-electron chi connectivity index (χ3n) is 3.29. The van der Waals surface area contributed by atoms with Gasteiger partial charge in [-0.2, -0.15) is 0 Å². The fourth-order valence-corrected chi connectivity index (χ4v) is 2.16. The van der Waals surface area contributed by atoms with Gasteiger partial charge >= 0.3 is 0 Å². The highest BCUT2D eigenvalue weighted by Gasteiger charge is 2.24. The second kappa shape index (κ2) is 3.55. The van der Waals surface area contributed by atoms with Crippen molar-refractivity contribution < 1.29 is 0 Å². The van der Waals surface area contributed by atoms with Crippen LogP contribution < -0.4 is 5.32 Å². The zero-order chi connectivity index (χ0) is 11.1. The summed E-state index contributed by atoms with van der Waals surface area (Å²) in [4.78, 5) is 0. The first kappa shape index (κ1) is 10.5. The largest absolute Gasteiger partial charge is 0.380 e. The number of hydrogen-bond donors (Lipinski definition) is 1. The van der Waals surface area contributed by atoms with E-state index in [2.05, 4.69) is 51.2 Å². The van der Waals surface area contributed by atoms with Gasteiger partial charge in [0.05, 0.1) is 0 Å². The number of rotatable bonds is 1. The van der Waals surface area contributed by atoms with Crippen LogP contribution in [0.2, 0.25) is 0 Å². The molecule has 1 aromatic rings. The molecule has 1 nitrogen and oxygen atoms in total. The van der Waals surface area contributed by atoms with Gasteiger partial charge in [0.2, 0.25) is 0 Å². The Kier molecular flexibility index (Phi) is 2.49. The Hall–Kier alpha value is -0.980. The highest BCUT2D eigenvalue weighted by molar-refractivity contribution is 5.57. The number of fused-ring (bicyclic) bond motifs is 1. The van der Waals surface area contributed by atoms with Gasteiger partial charge in [-0.05, 0) is 49.8 Å². The van der Waals surface area contributed by atoms with Gasteiger partial charge in [-0.1, -0.05) is 26.0 Å². The van der Waals surface area contributed by atoms with Crippen molar-refractivity contribution in [3.8, 4) is 0 Å². The van der Waals surface area contributed by atoms with Gasteiger partial charge in [0, 0.05) is 11.2 Å². The fraction of sp³-hybridized carbons (Fsp3) is 0.571. The van der Waals surface area contributed by atoms with E-state index in [1.807, 2.05) is 0 Å². The Labute approximate surface area is 92.9 Å². The van der Waals surface area contributed by atoms with Gasteiger partial charge in [-0.15, -0.1) is 0 Å². The summed E-state index contributed by atoms with van der Waals surface area (Å²) in [5, 5.41) is 3.63. The molecule has 0 saturated heterocycles. The van der Waals surface area contributed by atoms with Crippen LogP contribution >= 0.6 is 0 Å². The molecule has 0 unspecified atom stereocenters.